The highest BCUT2D eigenvalue weighted by Crippen LogP contribution is 2.22. The SMILES string of the molecule is CCN=C1NC(=O)C(c2cccc(C)c2C)N1. The van der Waals surface area contributed by atoms with Gasteiger partial charge in [0, 0.05) is 6.54 Å². The molecular formula is C13H17N3O. The molecule has 17 heavy (non-hydrogen) atoms. The number of aliphatic imine (C=N–C) groups is 1. The zero-order valence-corrected chi connectivity index (χ0v) is 10.4. The molecule has 2 N–H and O–H groups in total. The van der Waals surface area contributed by atoms with Gasteiger partial charge in [-0.05, 0) is 37.5 Å². The van der Waals surface area contributed by atoms with Crippen LogP contribution in [-0.4, -0.2) is 18.4 Å². The molecule has 1 unspecified atom stereocenters. The van der Waals surface area contributed by atoms with Gasteiger partial charge in [0.1, 0.15) is 6.04 Å². The maximum Gasteiger partial charge on any atom is 0.253 e. The number of benzene rings is 1. The molecule has 0 aromatic heterocycles. The van der Waals surface area contributed by atoms with Crippen molar-refractivity contribution in [3.05, 3.63) is 34.9 Å². The first kappa shape index (κ1) is 11.6. The van der Waals surface area contributed by atoms with Crippen LogP contribution in [-0.2, 0) is 4.79 Å². The Hall–Kier alpha value is -1.84. The highest BCUT2D eigenvalue weighted by molar-refractivity contribution is 6.06. The number of nitrogens with zero attached hydrogens (tertiary/aromatic N) is 1. The van der Waals surface area contributed by atoms with Crippen molar-refractivity contribution in [2.45, 2.75) is 26.8 Å². The van der Waals surface area contributed by atoms with E-state index in [1.54, 1.807) is 0 Å². The van der Waals surface area contributed by atoms with E-state index in [1.807, 2.05) is 39.0 Å². The number of carbonyl (C=O) groups is 1. The Kier molecular flexibility index (Phi) is 3.13. The van der Waals surface area contributed by atoms with Crippen LogP contribution in [0.15, 0.2) is 23.2 Å². The van der Waals surface area contributed by atoms with Crippen molar-refractivity contribution in [1.82, 2.24) is 10.6 Å². The van der Waals surface area contributed by atoms with Crippen LogP contribution in [0.3, 0.4) is 0 Å². The minimum absolute atomic E-state index is 0.0362. The summed E-state index contributed by atoms with van der Waals surface area (Å²) >= 11 is 0. The largest absolute Gasteiger partial charge is 0.340 e. The summed E-state index contributed by atoms with van der Waals surface area (Å²) in [5, 5.41) is 5.87. The number of carbonyl (C=O) groups excluding carboxylic acids is 1. The molecule has 1 heterocycles. The molecule has 90 valence electrons. The summed E-state index contributed by atoms with van der Waals surface area (Å²) in [6.07, 6.45) is 0. The predicted octanol–water partition coefficient (Wildman–Crippen LogP) is 1.44. The first-order valence-electron chi connectivity index (χ1n) is 5.81. The minimum atomic E-state index is -0.319. The number of hydrogen-bond acceptors (Lipinski definition) is 2. The van der Waals surface area contributed by atoms with Crippen molar-refractivity contribution in [1.29, 1.82) is 0 Å². The van der Waals surface area contributed by atoms with Gasteiger partial charge in [0.2, 0.25) is 0 Å². The Morgan fingerprint density at radius 3 is 2.82 bits per heavy atom. The molecule has 1 aromatic carbocycles. The van der Waals surface area contributed by atoms with Gasteiger partial charge in [-0.1, -0.05) is 18.2 Å². The summed E-state index contributed by atoms with van der Waals surface area (Å²) in [4.78, 5) is 16.0. The molecule has 1 aromatic rings. The zero-order valence-electron chi connectivity index (χ0n) is 10.4. The number of guanidine groups is 1. The van der Waals surface area contributed by atoms with Gasteiger partial charge >= 0.3 is 0 Å². The van der Waals surface area contributed by atoms with E-state index in [-0.39, 0.29) is 11.9 Å². The first-order chi connectivity index (χ1) is 8.13. The van der Waals surface area contributed by atoms with Crippen LogP contribution in [0.25, 0.3) is 0 Å². The van der Waals surface area contributed by atoms with Crippen LogP contribution in [0.4, 0.5) is 0 Å². The predicted molar refractivity (Wildman–Crippen MR) is 67.9 cm³/mol. The Balaban J connectivity index is 2.32. The number of nitrogens with one attached hydrogen (secondary N) is 2. The Morgan fingerprint density at radius 1 is 1.35 bits per heavy atom. The molecule has 1 saturated heterocycles. The third kappa shape index (κ3) is 2.16. The zero-order chi connectivity index (χ0) is 12.4. The van der Waals surface area contributed by atoms with Crippen LogP contribution < -0.4 is 10.6 Å². The quantitative estimate of drug-likeness (QED) is 0.809. The Labute approximate surface area is 101 Å². The minimum Gasteiger partial charge on any atom is -0.340 e. The molecule has 0 aliphatic carbocycles. The molecule has 0 spiro atoms. The Bertz CT molecular complexity index is 480. The van der Waals surface area contributed by atoms with Gasteiger partial charge < -0.3 is 5.32 Å². The van der Waals surface area contributed by atoms with Crippen molar-refractivity contribution in [2.75, 3.05) is 6.54 Å². The average Bonchev–Trinajstić information content (AvgIpc) is 2.64. The lowest BCUT2D eigenvalue weighted by Gasteiger charge is -2.13. The fraction of sp³-hybridized carbons (Fsp3) is 0.385. The van der Waals surface area contributed by atoms with Crippen molar-refractivity contribution in [3.63, 3.8) is 0 Å². The van der Waals surface area contributed by atoms with E-state index in [0.717, 1.165) is 11.1 Å². The molecular weight excluding hydrogens is 214 g/mol. The van der Waals surface area contributed by atoms with Gasteiger partial charge in [0.15, 0.2) is 5.96 Å². The first-order valence-corrected chi connectivity index (χ1v) is 5.81. The van der Waals surface area contributed by atoms with Gasteiger partial charge in [-0.3, -0.25) is 15.1 Å². The molecule has 1 aliphatic rings. The molecule has 1 atom stereocenters. The second-order valence-corrected chi connectivity index (χ2v) is 4.18. The number of aryl methyl sites for hydroxylation is 1. The number of amides is 1. The fourth-order valence-electron chi connectivity index (χ4n) is 1.98. The maximum absolute atomic E-state index is 11.9. The highest BCUT2D eigenvalue weighted by atomic mass is 16.2. The van der Waals surface area contributed by atoms with Crippen LogP contribution in [0.2, 0.25) is 0 Å². The lowest BCUT2D eigenvalue weighted by molar-refractivity contribution is -0.120. The standard InChI is InChI=1S/C13H17N3O/c1-4-14-13-15-11(12(17)16-13)10-7-5-6-8(2)9(10)3/h5-7,11H,4H2,1-3H3,(H2,14,15,16,17). The van der Waals surface area contributed by atoms with Gasteiger partial charge in [-0.2, -0.15) is 0 Å². The van der Waals surface area contributed by atoms with Crippen molar-refractivity contribution in [2.24, 2.45) is 4.99 Å². The summed E-state index contributed by atoms with van der Waals surface area (Å²) in [6.45, 7) is 6.68. The van der Waals surface area contributed by atoms with Gasteiger partial charge in [0.25, 0.3) is 5.91 Å². The second kappa shape index (κ2) is 4.57. The number of rotatable bonds is 2. The van der Waals surface area contributed by atoms with E-state index >= 15 is 0 Å². The van der Waals surface area contributed by atoms with E-state index in [4.69, 9.17) is 0 Å². The lowest BCUT2D eigenvalue weighted by Crippen LogP contribution is -2.25. The topological polar surface area (TPSA) is 53.5 Å². The molecule has 4 heteroatoms. The van der Waals surface area contributed by atoms with E-state index in [1.165, 1.54) is 5.56 Å². The lowest BCUT2D eigenvalue weighted by atomic mass is 9.98. The van der Waals surface area contributed by atoms with Crippen LogP contribution >= 0.6 is 0 Å². The van der Waals surface area contributed by atoms with Crippen molar-refractivity contribution in [3.8, 4) is 0 Å². The maximum atomic E-state index is 11.9. The van der Waals surface area contributed by atoms with Crippen molar-refractivity contribution >= 4 is 11.9 Å². The van der Waals surface area contributed by atoms with E-state index in [0.29, 0.717) is 12.5 Å². The van der Waals surface area contributed by atoms with E-state index in [2.05, 4.69) is 15.6 Å². The highest BCUT2D eigenvalue weighted by Gasteiger charge is 2.30. The monoisotopic (exact) mass is 231 g/mol. The molecule has 4 nitrogen and oxygen atoms in total. The van der Waals surface area contributed by atoms with E-state index in [9.17, 15) is 4.79 Å². The second-order valence-electron chi connectivity index (χ2n) is 4.18. The molecule has 0 radical (unpaired) electrons. The summed E-state index contributed by atoms with van der Waals surface area (Å²) in [5.74, 6) is 0.536. The normalized spacial score (nSPS) is 21.5. The van der Waals surface area contributed by atoms with Crippen LogP contribution in [0.1, 0.15) is 29.7 Å². The van der Waals surface area contributed by atoms with Crippen LogP contribution in [0, 0.1) is 13.8 Å². The third-order valence-electron chi connectivity index (χ3n) is 3.06. The Morgan fingerprint density at radius 2 is 2.12 bits per heavy atom. The van der Waals surface area contributed by atoms with Gasteiger partial charge in [-0.15, -0.1) is 0 Å². The summed E-state index contributed by atoms with van der Waals surface area (Å²) < 4.78 is 0. The summed E-state index contributed by atoms with van der Waals surface area (Å²) in [7, 11) is 0. The summed E-state index contributed by atoms with van der Waals surface area (Å²) in [5.41, 5.74) is 3.36. The van der Waals surface area contributed by atoms with Gasteiger partial charge in [-0.25, -0.2) is 0 Å². The average molecular weight is 231 g/mol. The van der Waals surface area contributed by atoms with Gasteiger partial charge in [0.05, 0.1) is 0 Å². The molecule has 0 saturated carbocycles. The van der Waals surface area contributed by atoms with Crippen LogP contribution in [0.5, 0.6) is 0 Å². The molecule has 1 fully saturated rings. The number of hydrogen-bond donors (Lipinski definition) is 2. The molecule has 2 rings (SSSR count). The molecule has 0 bridgehead atoms. The molecule has 1 amide bonds. The van der Waals surface area contributed by atoms with Crippen molar-refractivity contribution < 1.29 is 4.79 Å². The van der Waals surface area contributed by atoms with E-state index < -0.39 is 0 Å². The fourth-order valence-corrected chi connectivity index (χ4v) is 1.98. The summed E-state index contributed by atoms with van der Waals surface area (Å²) in [6, 6.07) is 5.68. The smallest absolute Gasteiger partial charge is 0.253 e. The molecule has 1 aliphatic heterocycles. The third-order valence-corrected chi connectivity index (χ3v) is 3.06.